The van der Waals surface area contributed by atoms with Crippen LogP contribution in [0.5, 0.6) is 11.5 Å². The lowest BCUT2D eigenvalue weighted by Gasteiger charge is -2.25. The molecule has 2 aromatic carbocycles. The molecule has 1 aliphatic rings. The Morgan fingerprint density at radius 1 is 1.18 bits per heavy atom. The Hall–Kier alpha value is -3.17. The molecule has 1 atom stereocenters. The second kappa shape index (κ2) is 9.99. The number of benzene rings is 2. The van der Waals surface area contributed by atoms with Gasteiger partial charge >= 0.3 is 5.97 Å². The van der Waals surface area contributed by atoms with Gasteiger partial charge in [0.2, 0.25) is 0 Å². The summed E-state index contributed by atoms with van der Waals surface area (Å²) in [5.74, 6) is 0.759. The number of methoxy groups -OCH3 is 2. The molecule has 3 aromatic rings. The molecule has 0 fully saturated rings. The number of carbonyl (C=O) groups excluding carboxylic acids is 1. The van der Waals surface area contributed by atoms with Crippen LogP contribution in [0.2, 0.25) is 0 Å². The zero-order chi connectivity index (χ0) is 24.4. The first-order valence-electron chi connectivity index (χ1n) is 10.6. The standard InChI is InChI=1S/C25H23BrN2O5S/c1-5-33-24(30)21-14(2)27-25-28(22(21)16-8-6-7-9-18(16)31-3)23(29)20(34-25)13-15-10-11-19(32-4)17(26)12-15/h6-13,22H,5H2,1-4H3/b20-13-/t22-/m0/s1. The van der Waals surface area contributed by atoms with Crippen molar-refractivity contribution in [3.8, 4) is 11.5 Å². The van der Waals surface area contributed by atoms with Crippen molar-refractivity contribution in [2.75, 3.05) is 20.8 Å². The number of ether oxygens (including phenoxy) is 3. The van der Waals surface area contributed by atoms with E-state index in [1.165, 1.54) is 11.3 Å². The van der Waals surface area contributed by atoms with Gasteiger partial charge in [0.05, 0.1) is 41.1 Å². The number of esters is 1. The molecule has 0 N–H and O–H groups in total. The van der Waals surface area contributed by atoms with Gasteiger partial charge in [0.1, 0.15) is 17.5 Å². The third-order valence-corrected chi connectivity index (χ3v) is 7.03. The van der Waals surface area contributed by atoms with E-state index in [1.807, 2.05) is 36.4 Å². The fourth-order valence-corrected chi connectivity index (χ4v) is 5.51. The van der Waals surface area contributed by atoms with Gasteiger partial charge in [-0.15, -0.1) is 0 Å². The first kappa shape index (κ1) is 24.0. The number of rotatable bonds is 6. The average molecular weight is 543 g/mol. The van der Waals surface area contributed by atoms with Crippen LogP contribution in [0.25, 0.3) is 6.08 Å². The quantitative estimate of drug-likeness (QED) is 0.445. The van der Waals surface area contributed by atoms with E-state index in [2.05, 4.69) is 20.9 Å². The molecule has 0 radical (unpaired) electrons. The number of hydrogen-bond acceptors (Lipinski definition) is 7. The second-order valence-corrected chi connectivity index (χ2v) is 9.30. The van der Waals surface area contributed by atoms with E-state index < -0.39 is 12.0 Å². The maximum atomic E-state index is 13.7. The summed E-state index contributed by atoms with van der Waals surface area (Å²) in [6.45, 7) is 3.71. The van der Waals surface area contributed by atoms with Crippen LogP contribution in [0.3, 0.4) is 0 Å². The third-order valence-electron chi connectivity index (χ3n) is 5.42. The molecule has 1 aromatic heterocycles. The first-order chi connectivity index (χ1) is 16.4. The number of thiazole rings is 1. The Balaban J connectivity index is 1.96. The first-order valence-corrected chi connectivity index (χ1v) is 12.2. The predicted molar refractivity (Wildman–Crippen MR) is 134 cm³/mol. The number of hydrogen-bond donors (Lipinski definition) is 0. The molecule has 1 aliphatic heterocycles. The highest BCUT2D eigenvalue weighted by atomic mass is 79.9. The normalized spacial score (nSPS) is 15.6. The van der Waals surface area contributed by atoms with Gasteiger partial charge in [-0.05, 0) is 59.6 Å². The molecule has 176 valence electrons. The Kier molecular flexibility index (Phi) is 7.04. The number of fused-ring (bicyclic) bond motifs is 1. The zero-order valence-corrected chi connectivity index (χ0v) is 21.5. The summed E-state index contributed by atoms with van der Waals surface area (Å²) in [5, 5.41) is 0. The van der Waals surface area contributed by atoms with E-state index in [-0.39, 0.29) is 12.2 Å². The van der Waals surface area contributed by atoms with Gasteiger partial charge in [-0.25, -0.2) is 9.79 Å². The van der Waals surface area contributed by atoms with Crippen molar-refractivity contribution >= 4 is 39.3 Å². The van der Waals surface area contributed by atoms with Crippen LogP contribution in [-0.4, -0.2) is 31.4 Å². The van der Waals surface area contributed by atoms with Gasteiger partial charge in [0.15, 0.2) is 4.80 Å². The smallest absolute Gasteiger partial charge is 0.338 e. The molecule has 4 rings (SSSR count). The third kappa shape index (κ3) is 4.33. The van der Waals surface area contributed by atoms with Crippen molar-refractivity contribution in [1.29, 1.82) is 0 Å². The van der Waals surface area contributed by atoms with Crippen molar-refractivity contribution in [2.24, 2.45) is 4.99 Å². The van der Waals surface area contributed by atoms with Gasteiger partial charge in [-0.1, -0.05) is 35.6 Å². The monoisotopic (exact) mass is 542 g/mol. The second-order valence-electron chi connectivity index (χ2n) is 7.44. The summed E-state index contributed by atoms with van der Waals surface area (Å²) < 4.78 is 19.0. The van der Waals surface area contributed by atoms with Crippen LogP contribution in [0, 0.1) is 0 Å². The SMILES string of the molecule is CCOC(=O)C1=C(C)N=c2s/c(=C\c3ccc(OC)c(Br)c3)c(=O)n2[C@H]1c1ccccc1OC. The van der Waals surface area contributed by atoms with Gasteiger partial charge in [0, 0.05) is 5.56 Å². The molecule has 0 spiro atoms. The Bertz CT molecular complexity index is 1470. The van der Waals surface area contributed by atoms with Gasteiger partial charge in [-0.3, -0.25) is 9.36 Å². The summed E-state index contributed by atoms with van der Waals surface area (Å²) >= 11 is 4.75. The van der Waals surface area contributed by atoms with Gasteiger partial charge in [-0.2, -0.15) is 0 Å². The van der Waals surface area contributed by atoms with Crippen LogP contribution in [0.15, 0.2) is 68.0 Å². The van der Waals surface area contributed by atoms with E-state index >= 15 is 0 Å². The topological polar surface area (TPSA) is 79.1 Å². The van der Waals surface area contributed by atoms with E-state index in [4.69, 9.17) is 14.2 Å². The highest BCUT2D eigenvalue weighted by molar-refractivity contribution is 9.10. The lowest BCUT2D eigenvalue weighted by Crippen LogP contribution is -2.40. The van der Waals surface area contributed by atoms with Gasteiger partial charge in [0.25, 0.3) is 5.56 Å². The molecular formula is C25H23BrN2O5S. The number of carbonyl (C=O) groups is 1. The van der Waals surface area contributed by atoms with Crippen molar-refractivity contribution < 1.29 is 19.0 Å². The van der Waals surface area contributed by atoms with Crippen LogP contribution in [0.4, 0.5) is 0 Å². The van der Waals surface area contributed by atoms with Gasteiger partial charge < -0.3 is 14.2 Å². The summed E-state index contributed by atoms with van der Waals surface area (Å²) in [6.07, 6.45) is 1.80. The highest BCUT2D eigenvalue weighted by Gasteiger charge is 2.34. The number of allylic oxidation sites excluding steroid dienone is 1. The number of aromatic nitrogens is 1. The van der Waals surface area contributed by atoms with Crippen LogP contribution in [-0.2, 0) is 9.53 Å². The van der Waals surface area contributed by atoms with Crippen LogP contribution >= 0.6 is 27.3 Å². The largest absolute Gasteiger partial charge is 0.496 e. The summed E-state index contributed by atoms with van der Waals surface area (Å²) in [4.78, 5) is 31.8. The molecule has 2 heterocycles. The molecule has 7 nitrogen and oxygen atoms in total. The molecule has 0 aliphatic carbocycles. The minimum absolute atomic E-state index is 0.213. The molecule has 0 unspecified atom stereocenters. The molecule has 0 saturated heterocycles. The van der Waals surface area contributed by atoms with Crippen LogP contribution < -0.4 is 24.4 Å². The molecular weight excluding hydrogens is 520 g/mol. The van der Waals surface area contributed by atoms with Crippen molar-refractivity contribution in [2.45, 2.75) is 19.9 Å². The number of para-hydroxylation sites is 1. The fraction of sp³-hybridized carbons (Fsp3) is 0.240. The van der Waals surface area contributed by atoms with E-state index in [0.29, 0.717) is 37.7 Å². The molecule has 9 heteroatoms. The van der Waals surface area contributed by atoms with Crippen molar-refractivity contribution in [1.82, 2.24) is 4.57 Å². The van der Waals surface area contributed by atoms with E-state index in [1.54, 1.807) is 44.8 Å². The van der Waals surface area contributed by atoms with E-state index in [9.17, 15) is 9.59 Å². The van der Waals surface area contributed by atoms with Crippen molar-refractivity contribution in [3.63, 3.8) is 0 Å². The summed E-state index contributed by atoms with van der Waals surface area (Å²) in [5.41, 5.74) is 2.09. The minimum atomic E-state index is -0.726. The number of nitrogens with zero attached hydrogens (tertiary/aromatic N) is 2. The lowest BCUT2D eigenvalue weighted by molar-refractivity contribution is -0.139. The van der Waals surface area contributed by atoms with E-state index in [0.717, 1.165) is 10.0 Å². The highest BCUT2D eigenvalue weighted by Crippen LogP contribution is 2.35. The Morgan fingerprint density at radius 3 is 2.59 bits per heavy atom. The Morgan fingerprint density at radius 2 is 1.91 bits per heavy atom. The number of halogens is 1. The zero-order valence-electron chi connectivity index (χ0n) is 19.1. The lowest BCUT2D eigenvalue weighted by atomic mass is 9.95. The fourth-order valence-electron chi connectivity index (χ4n) is 3.90. The van der Waals surface area contributed by atoms with Crippen molar-refractivity contribution in [3.05, 3.63) is 89.0 Å². The Labute approximate surface area is 208 Å². The predicted octanol–water partition coefficient (Wildman–Crippen LogP) is 3.58. The van der Waals surface area contributed by atoms with Crippen LogP contribution in [0.1, 0.15) is 31.0 Å². The molecule has 0 amide bonds. The minimum Gasteiger partial charge on any atom is -0.496 e. The summed E-state index contributed by atoms with van der Waals surface area (Å²) in [6, 6.07) is 12.2. The molecule has 0 saturated carbocycles. The molecule has 34 heavy (non-hydrogen) atoms. The average Bonchev–Trinajstić information content (AvgIpc) is 3.12. The molecule has 0 bridgehead atoms. The summed E-state index contributed by atoms with van der Waals surface area (Å²) in [7, 11) is 3.16. The maximum Gasteiger partial charge on any atom is 0.338 e. The maximum absolute atomic E-state index is 13.7.